The predicted molar refractivity (Wildman–Crippen MR) is 212 cm³/mol. The highest BCUT2D eigenvalue weighted by Crippen LogP contribution is 2.36. The number of carbonyl (C=O) groups excluding carboxylic acids is 1. The SMILES string of the molecule is CCCCCCCCCCCCC(Oc1ccc(O)cc1C(C)(C)C)C(=O)Nc1ccc(Cl)c(Nc2cc(=O)n(-c3c(Cl)cc(Cl)cc3Cl)[nH]2)c1. The molecule has 1 aromatic heterocycles. The number of halogens is 4. The molecule has 276 valence electrons. The Morgan fingerprint density at radius 3 is 2.10 bits per heavy atom. The van der Waals surface area contributed by atoms with Crippen LogP contribution < -0.4 is 20.9 Å². The van der Waals surface area contributed by atoms with Crippen LogP contribution in [0.15, 0.2) is 59.4 Å². The predicted octanol–water partition coefficient (Wildman–Crippen LogP) is 12.2. The van der Waals surface area contributed by atoms with Gasteiger partial charge in [0.05, 0.1) is 20.8 Å². The second-order valence-corrected chi connectivity index (χ2v) is 15.5. The van der Waals surface area contributed by atoms with Crippen LogP contribution in [0.2, 0.25) is 20.1 Å². The van der Waals surface area contributed by atoms with Crippen molar-refractivity contribution in [2.45, 2.75) is 110 Å². The van der Waals surface area contributed by atoms with Gasteiger partial charge in [0.15, 0.2) is 6.10 Å². The standard InChI is InChI=1S/C39H48Cl4N4O4/c1-5-6-7-8-9-10-11-12-13-14-15-34(51-33-19-17-27(48)23-28(33)39(2,3)4)38(50)44-26-16-18-29(41)32(22-26)45-35-24-36(49)47(46-35)37-30(42)20-25(40)21-31(37)43/h16-24,34,45-46,48H,5-15H2,1-4H3,(H,44,50). The molecule has 0 saturated carbocycles. The molecule has 3 aromatic carbocycles. The van der Waals surface area contributed by atoms with E-state index < -0.39 is 11.7 Å². The number of phenolic OH excluding ortho intramolecular Hbond substituents is 1. The lowest BCUT2D eigenvalue weighted by Crippen LogP contribution is -2.33. The summed E-state index contributed by atoms with van der Waals surface area (Å²) in [5.74, 6) is 0.705. The first-order valence-corrected chi connectivity index (χ1v) is 19.1. The Kier molecular flexibility index (Phi) is 15.1. The Morgan fingerprint density at radius 2 is 1.47 bits per heavy atom. The number of hydrogen-bond acceptors (Lipinski definition) is 5. The number of aromatic nitrogens is 2. The minimum Gasteiger partial charge on any atom is -0.508 e. The fraction of sp³-hybridized carbons (Fsp3) is 0.436. The molecule has 1 amide bonds. The largest absolute Gasteiger partial charge is 0.508 e. The summed E-state index contributed by atoms with van der Waals surface area (Å²) in [6.07, 6.45) is 11.6. The van der Waals surface area contributed by atoms with Gasteiger partial charge in [0.1, 0.15) is 23.0 Å². The lowest BCUT2D eigenvalue weighted by atomic mass is 9.86. The maximum atomic E-state index is 13.9. The van der Waals surface area contributed by atoms with E-state index in [2.05, 4.69) is 22.7 Å². The molecule has 1 atom stereocenters. The van der Waals surface area contributed by atoms with Crippen molar-refractivity contribution in [3.63, 3.8) is 0 Å². The third-order valence-electron chi connectivity index (χ3n) is 8.58. The van der Waals surface area contributed by atoms with Gasteiger partial charge in [-0.15, -0.1) is 0 Å². The minimum absolute atomic E-state index is 0.139. The summed E-state index contributed by atoms with van der Waals surface area (Å²) in [4.78, 5) is 26.7. The van der Waals surface area contributed by atoms with Gasteiger partial charge in [-0.05, 0) is 66.8 Å². The van der Waals surface area contributed by atoms with Crippen molar-refractivity contribution in [2.75, 3.05) is 10.6 Å². The lowest BCUT2D eigenvalue weighted by molar-refractivity contribution is -0.123. The number of phenols is 1. The van der Waals surface area contributed by atoms with Crippen LogP contribution in [0.1, 0.15) is 104 Å². The number of hydrogen-bond donors (Lipinski definition) is 4. The molecule has 8 nitrogen and oxygen atoms in total. The molecule has 4 N–H and O–H groups in total. The number of unbranched alkanes of at least 4 members (excludes halogenated alkanes) is 9. The van der Waals surface area contributed by atoms with E-state index in [1.54, 1.807) is 36.4 Å². The highest BCUT2D eigenvalue weighted by atomic mass is 35.5. The van der Waals surface area contributed by atoms with Gasteiger partial charge in [-0.25, -0.2) is 4.68 Å². The van der Waals surface area contributed by atoms with Crippen LogP contribution in [0.25, 0.3) is 5.69 Å². The van der Waals surface area contributed by atoms with Gasteiger partial charge in [0, 0.05) is 22.3 Å². The smallest absolute Gasteiger partial charge is 0.273 e. The Bertz CT molecular complexity index is 1810. The summed E-state index contributed by atoms with van der Waals surface area (Å²) in [5, 5.41) is 20.4. The highest BCUT2D eigenvalue weighted by molar-refractivity contribution is 6.40. The van der Waals surface area contributed by atoms with Gasteiger partial charge in [-0.3, -0.25) is 14.7 Å². The van der Waals surface area contributed by atoms with Gasteiger partial charge in [-0.1, -0.05) is 132 Å². The summed E-state index contributed by atoms with van der Waals surface area (Å²) in [6.45, 7) is 8.34. The number of amides is 1. The quantitative estimate of drug-likeness (QED) is 0.0752. The van der Waals surface area contributed by atoms with Crippen molar-refractivity contribution in [2.24, 2.45) is 0 Å². The molecule has 0 fully saturated rings. The molecule has 0 saturated heterocycles. The third-order valence-corrected chi connectivity index (χ3v) is 9.71. The first-order chi connectivity index (χ1) is 24.3. The molecule has 0 aliphatic rings. The van der Waals surface area contributed by atoms with Crippen LogP contribution in [0, 0.1) is 0 Å². The van der Waals surface area contributed by atoms with Crippen molar-refractivity contribution >= 4 is 69.5 Å². The molecule has 0 aliphatic heterocycles. The van der Waals surface area contributed by atoms with E-state index in [4.69, 9.17) is 51.1 Å². The van der Waals surface area contributed by atoms with E-state index in [0.29, 0.717) is 39.4 Å². The van der Waals surface area contributed by atoms with Gasteiger partial charge >= 0.3 is 0 Å². The number of aromatic hydroxyl groups is 1. The highest BCUT2D eigenvalue weighted by Gasteiger charge is 2.26. The molecule has 51 heavy (non-hydrogen) atoms. The van der Waals surface area contributed by atoms with E-state index in [1.165, 1.54) is 67.8 Å². The van der Waals surface area contributed by atoms with E-state index in [1.807, 2.05) is 20.8 Å². The van der Waals surface area contributed by atoms with Crippen molar-refractivity contribution < 1.29 is 14.6 Å². The Hall–Kier alpha value is -3.30. The Labute approximate surface area is 320 Å². The number of nitrogens with one attached hydrogen (secondary N) is 3. The second-order valence-electron chi connectivity index (χ2n) is 13.9. The first kappa shape index (κ1) is 40.5. The van der Waals surface area contributed by atoms with E-state index in [9.17, 15) is 14.7 Å². The molecular weight excluding hydrogens is 730 g/mol. The van der Waals surface area contributed by atoms with Crippen LogP contribution >= 0.6 is 46.4 Å². The number of aromatic amines is 1. The topological polar surface area (TPSA) is 108 Å². The van der Waals surface area contributed by atoms with Crippen molar-refractivity contribution in [3.8, 4) is 17.2 Å². The van der Waals surface area contributed by atoms with Crippen LogP contribution in [0.4, 0.5) is 17.2 Å². The molecule has 4 aromatic rings. The fourth-order valence-corrected chi connectivity index (χ4v) is 7.01. The van der Waals surface area contributed by atoms with Gasteiger partial charge in [-0.2, -0.15) is 0 Å². The zero-order valence-electron chi connectivity index (χ0n) is 29.7. The summed E-state index contributed by atoms with van der Waals surface area (Å²) < 4.78 is 7.64. The molecule has 12 heteroatoms. The number of H-pyrrole nitrogens is 1. The zero-order chi connectivity index (χ0) is 37.1. The molecule has 4 rings (SSSR count). The van der Waals surface area contributed by atoms with Crippen LogP contribution in [0.3, 0.4) is 0 Å². The van der Waals surface area contributed by atoms with Crippen LogP contribution in [-0.4, -0.2) is 26.9 Å². The van der Waals surface area contributed by atoms with Gasteiger partial charge in [0.25, 0.3) is 11.5 Å². The number of benzene rings is 3. The maximum Gasteiger partial charge on any atom is 0.273 e. The normalized spacial score (nSPS) is 12.2. The van der Waals surface area contributed by atoms with E-state index >= 15 is 0 Å². The van der Waals surface area contributed by atoms with Crippen LogP contribution in [-0.2, 0) is 10.2 Å². The number of rotatable bonds is 18. The molecule has 0 aliphatic carbocycles. The van der Waals surface area contributed by atoms with E-state index in [0.717, 1.165) is 24.8 Å². The number of carbonyl (C=O) groups is 1. The van der Waals surface area contributed by atoms with Gasteiger partial charge < -0.3 is 20.5 Å². The zero-order valence-corrected chi connectivity index (χ0v) is 32.7. The number of nitrogens with zero attached hydrogens (tertiary/aromatic N) is 1. The summed E-state index contributed by atoms with van der Waals surface area (Å²) in [6, 6.07) is 14.3. The maximum absolute atomic E-state index is 13.9. The summed E-state index contributed by atoms with van der Waals surface area (Å²) >= 11 is 25.3. The average Bonchev–Trinajstić information content (AvgIpc) is 3.41. The fourth-order valence-electron chi connectivity index (χ4n) is 5.86. The number of anilines is 3. The molecule has 1 heterocycles. The molecule has 0 bridgehead atoms. The monoisotopic (exact) mass is 776 g/mol. The van der Waals surface area contributed by atoms with Crippen molar-refractivity contribution in [3.05, 3.63) is 90.6 Å². The molecule has 1 unspecified atom stereocenters. The third kappa shape index (κ3) is 11.9. The average molecular weight is 779 g/mol. The van der Waals surface area contributed by atoms with Crippen LogP contribution in [0.5, 0.6) is 11.5 Å². The minimum atomic E-state index is -0.781. The summed E-state index contributed by atoms with van der Waals surface area (Å²) in [5.41, 5.74) is 1.24. The Balaban J connectivity index is 1.48. The van der Waals surface area contributed by atoms with Crippen molar-refractivity contribution in [1.29, 1.82) is 0 Å². The molecular formula is C39H48Cl4N4O4. The van der Waals surface area contributed by atoms with E-state index in [-0.39, 0.29) is 32.8 Å². The molecule has 0 radical (unpaired) electrons. The Morgan fingerprint density at radius 1 is 0.843 bits per heavy atom. The van der Waals surface area contributed by atoms with Gasteiger partial charge in [0.2, 0.25) is 0 Å². The first-order valence-electron chi connectivity index (χ1n) is 17.6. The number of ether oxygens (including phenoxy) is 1. The van der Waals surface area contributed by atoms with Crippen molar-refractivity contribution in [1.82, 2.24) is 9.78 Å². The molecule has 0 spiro atoms. The lowest BCUT2D eigenvalue weighted by Gasteiger charge is -2.26. The summed E-state index contributed by atoms with van der Waals surface area (Å²) in [7, 11) is 0. The second kappa shape index (κ2) is 19.0.